The van der Waals surface area contributed by atoms with Crippen LogP contribution in [0.4, 0.5) is 10.1 Å². The molecule has 0 fully saturated rings. The van der Waals surface area contributed by atoms with E-state index < -0.39 is 26.8 Å². The number of carbonyl (C=O) groups excluding carboxylic acids is 1. The number of nitrogens with one attached hydrogen (secondary N) is 1. The van der Waals surface area contributed by atoms with Crippen molar-refractivity contribution in [3.05, 3.63) is 48.5 Å². The van der Waals surface area contributed by atoms with Gasteiger partial charge in [0.1, 0.15) is 11.1 Å². The molecule has 1 heterocycles. The fourth-order valence-corrected chi connectivity index (χ4v) is 2.17. The molecule has 0 unspecified atom stereocenters. The third-order valence-corrected chi connectivity index (χ3v) is 4.61. The van der Waals surface area contributed by atoms with Crippen molar-refractivity contribution in [1.82, 2.24) is 4.57 Å². The van der Waals surface area contributed by atoms with E-state index >= 15 is 0 Å². The smallest absolute Gasteiger partial charge is 0.242 e. The summed E-state index contributed by atoms with van der Waals surface area (Å²) in [5.41, 5.74) is 0.602. The molecule has 1 atom stereocenters. The highest BCUT2D eigenvalue weighted by molar-refractivity contribution is 7.92. The molecule has 0 aliphatic rings. The number of hydrogen-bond donors (Lipinski definition) is 1. The number of aromatic nitrogens is 1. The van der Waals surface area contributed by atoms with E-state index in [2.05, 4.69) is 5.32 Å². The molecule has 2 aromatic rings. The second-order valence-corrected chi connectivity index (χ2v) is 7.08. The second-order valence-electron chi connectivity index (χ2n) is 4.72. The molecule has 1 aromatic carbocycles. The highest BCUT2D eigenvalue weighted by Gasteiger charge is 2.23. The molecule has 0 aliphatic carbocycles. The van der Waals surface area contributed by atoms with E-state index in [9.17, 15) is 17.6 Å². The van der Waals surface area contributed by atoms with Gasteiger partial charge in [-0.25, -0.2) is 12.8 Å². The van der Waals surface area contributed by atoms with Crippen molar-refractivity contribution < 1.29 is 17.6 Å². The number of carbonyl (C=O) groups is 1. The number of amides is 1. The van der Waals surface area contributed by atoms with Gasteiger partial charge >= 0.3 is 0 Å². The van der Waals surface area contributed by atoms with Gasteiger partial charge in [0.2, 0.25) is 5.91 Å². The van der Waals surface area contributed by atoms with Crippen LogP contribution in [0.2, 0.25) is 0 Å². The highest BCUT2D eigenvalue weighted by atomic mass is 32.2. The zero-order valence-corrected chi connectivity index (χ0v) is 12.4. The van der Waals surface area contributed by atoms with Gasteiger partial charge in [-0.05, 0) is 37.3 Å². The molecule has 2 rings (SSSR count). The van der Waals surface area contributed by atoms with Crippen LogP contribution in [-0.4, -0.2) is 30.4 Å². The van der Waals surface area contributed by atoms with E-state index in [-0.39, 0.29) is 5.69 Å². The lowest BCUT2D eigenvalue weighted by molar-refractivity contribution is -0.115. The van der Waals surface area contributed by atoms with Crippen LogP contribution in [-0.2, 0) is 14.6 Å². The van der Waals surface area contributed by atoms with E-state index in [1.165, 1.54) is 25.1 Å². The van der Waals surface area contributed by atoms with Crippen molar-refractivity contribution in [3.63, 3.8) is 0 Å². The Morgan fingerprint density at radius 3 is 2.48 bits per heavy atom. The summed E-state index contributed by atoms with van der Waals surface area (Å²) in [6.45, 7) is 1.31. The summed E-state index contributed by atoms with van der Waals surface area (Å²) in [7, 11) is -3.47. The number of halogens is 1. The van der Waals surface area contributed by atoms with E-state index in [1.807, 2.05) is 0 Å². The predicted octanol–water partition coefficient (Wildman–Crippen LogP) is 1.99. The van der Waals surface area contributed by atoms with E-state index in [0.717, 1.165) is 6.26 Å². The number of anilines is 1. The zero-order valence-electron chi connectivity index (χ0n) is 11.6. The zero-order chi connectivity index (χ0) is 15.6. The quantitative estimate of drug-likeness (QED) is 0.939. The lowest BCUT2D eigenvalue weighted by Crippen LogP contribution is -2.31. The maximum Gasteiger partial charge on any atom is 0.242 e. The first kappa shape index (κ1) is 15.2. The Morgan fingerprint density at radius 1 is 1.29 bits per heavy atom. The Morgan fingerprint density at radius 2 is 1.90 bits per heavy atom. The third kappa shape index (κ3) is 3.49. The minimum atomic E-state index is -3.47. The van der Waals surface area contributed by atoms with E-state index in [4.69, 9.17) is 0 Å². The molecule has 0 spiro atoms. The monoisotopic (exact) mass is 310 g/mol. The highest BCUT2D eigenvalue weighted by Crippen LogP contribution is 2.19. The Hall–Kier alpha value is -2.15. The number of sulfone groups is 1. The summed E-state index contributed by atoms with van der Waals surface area (Å²) >= 11 is 0. The Balaban J connectivity index is 2.27. The van der Waals surface area contributed by atoms with Gasteiger partial charge in [0.25, 0.3) is 0 Å². The summed E-state index contributed by atoms with van der Waals surface area (Å²) in [6, 6.07) is 7.54. The number of benzene rings is 1. The molecule has 0 aliphatic heterocycles. The Bertz CT molecular complexity index is 755. The molecule has 112 valence electrons. The molecule has 5 nitrogen and oxygen atoms in total. The van der Waals surface area contributed by atoms with Gasteiger partial charge < -0.3 is 9.88 Å². The first-order valence-corrected chi connectivity index (χ1v) is 8.17. The largest absolute Gasteiger partial charge is 0.325 e. The number of nitrogens with zero attached hydrogens (tertiary/aromatic N) is 1. The van der Waals surface area contributed by atoms with Crippen LogP contribution in [0.5, 0.6) is 0 Å². The normalized spacial score (nSPS) is 12.9. The minimum absolute atomic E-state index is 0.268. The number of rotatable bonds is 4. The first-order valence-electron chi connectivity index (χ1n) is 6.21. The third-order valence-electron chi connectivity index (χ3n) is 3.11. The minimum Gasteiger partial charge on any atom is -0.325 e. The van der Waals surface area contributed by atoms with Crippen molar-refractivity contribution in [3.8, 4) is 5.69 Å². The fraction of sp³-hybridized carbons (Fsp3) is 0.214. The van der Waals surface area contributed by atoms with Gasteiger partial charge in [-0.1, -0.05) is 0 Å². The summed E-state index contributed by atoms with van der Waals surface area (Å²) in [5.74, 6) is -1.09. The van der Waals surface area contributed by atoms with Crippen molar-refractivity contribution in [2.24, 2.45) is 0 Å². The molecule has 1 aromatic heterocycles. The van der Waals surface area contributed by atoms with Crippen molar-refractivity contribution in [2.75, 3.05) is 11.6 Å². The van der Waals surface area contributed by atoms with Crippen LogP contribution in [0, 0.1) is 5.82 Å². The molecule has 1 amide bonds. The van der Waals surface area contributed by atoms with Crippen LogP contribution in [0.25, 0.3) is 5.69 Å². The van der Waals surface area contributed by atoms with Gasteiger partial charge in [0.15, 0.2) is 9.84 Å². The predicted molar refractivity (Wildman–Crippen MR) is 78.7 cm³/mol. The van der Waals surface area contributed by atoms with E-state index in [1.54, 1.807) is 29.1 Å². The lowest BCUT2D eigenvalue weighted by atomic mass is 10.2. The first-order chi connectivity index (χ1) is 9.79. The molecule has 0 saturated carbocycles. The van der Waals surface area contributed by atoms with Gasteiger partial charge in [0, 0.05) is 24.3 Å². The molecular weight excluding hydrogens is 295 g/mol. The Kier molecular flexibility index (Phi) is 4.13. The van der Waals surface area contributed by atoms with Gasteiger partial charge in [0.05, 0.1) is 5.69 Å². The maximum atomic E-state index is 13.8. The van der Waals surface area contributed by atoms with Gasteiger partial charge in [-0.3, -0.25) is 4.79 Å². The average Bonchev–Trinajstić information content (AvgIpc) is 2.92. The molecule has 0 radical (unpaired) electrons. The topological polar surface area (TPSA) is 68.2 Å². The standard InChI is InChI=1S/C14H15FN2O3S/c1-10(21(2,19)20)14(18)16-11-5-6-12(15)13(9-11)17-7-3-4-8-17/h3-10H,1-2H3,(H,16,18)/t10-/m0/s1. The van der Waals surface area contributed by atoms with E-state index in [0.29, 0.717) is 5.69 Å². The summed E-state index contributed by atoms with van der Waals surface area (Å²) < 4.78 is 38.0. The van der Waals surface area contributed by atoms with Crippen LogP contribution in [0.3, 0.4) is 0 Å². The van der Waals surface area contributed by atoms with Crippen molar-refractivity contribution >= 4 is 21.4 Å². The lowest BCUT2D eigenvalue weighted by Gasteiger charge is -2.12. The van der Waals surface area contributed by atoms with Gasteiger partial charge in [-0.2, -0.15) is 0 Å². The molecule has 0 bridgehead atoms. The summed E-state index contributed by atoms with van der Waals surface area (Å²) in [6.07, 6.45) is 4.33. The second kappa shape index (κ2) is 5.69. The summed E-state index contributed by atoms with van der Waals surface area (Å²) in [4.78, 5) is 11.9. The molecule has 7 heteroatoms. The van der Waals surface area contributed by atoms with Crippen LogP contribution < -0.4 is 5.32 Å². The van der Waals surface area contributed by atoms with Crippen LogP contribution >= 0.6 is 0 Å². The molecule has 21 heavy (non-hydrogen) atoms. The molecule has 0 saturated heterocycles. The SMILES string of the molecule is C[C@@H](C(=O)Nc1ccc(F)c(-n2cccc2)c1)S(C)(=O)=O. The number of hydrogen-bond acceptors (Lipinski definition) is 3. The van der Waals surface area contributed by atoms with Crippen molar-refractivity contribution in [1.29, 1.82) is 0 Å². The van der Waals surface area contributed by atoms with Crippen LogP contribution in [0.1, 0.15) is 6.92 Å². The maximum absolute atomic E-state index is 13.8. The van der Waals surface area contributed by atoms with Crippen LogP contribution in [0.15, 0.2) is 42.7 Å². The Labute approximate surface area is 122 Å². The summed E-state index contributed by atoms with van der Waals surface area (Å²) in [5, 5.41) is 1.31. The molecule has 1 N–H and O–H groups in total. The average molecular weight is 310 g/mol. The fourth-order valence-electron chi connectivity index (χ4n) is 1.72. The van der Waals surface area contributed by atoms with Crippen molar-refractivity contribution in [2.45, 2.75) is 12.2 Å². The van der Waals surface area contributed by atoms with Gasteiger partial charge in [-0.15, -0.1) is 0 Å². The molecular formula is C14H15FN2O3S.